The molecule has 1 aliphatic rings. The van der Waals surface area contributed by atoms with Gasteiger partial charge in [0.05, 0.1) is 6.10 Å². The van der Waals surface area contributed by atoms with Crippen LogP contribution in [-0.4, -0.2) is 36.2 Å². The molecular formula is C16H19NO4. The summed E-state index contributed by atoms with van der Waals surface area (Å²) in [5.41, 5.74) is 2.04. The number of carbonyl (C=O) groups is 2. The maximum absolute atomic E-state index is 12.2. The fraction of sp³-hybridized carbons (Fsp3) is 0.375. The molecule has 0 radical (unpaired) electrons. The first-order valence-electron chi connectivity index (χ1n) is 6.98. The molecule has 1 atom stereocenters. The summed E-state index contributed by atoms with van der Waals surface area (Å²) in [6.45, 7) is 3.07. The zero-order valence-corrected chi connectivity index (χ0v) is 12.0. The quantitative estimate of drug-likeness (QED) is 0.813. The number of amides is 1. The Bertz CT molecular complexity index is 559. The summed E-state index contributed by atoms with van der Waals surface area (Å²) in [6, 6.07) is 5.26. The number of nitrogens with one attached hydrogen (secondary N) is 1. The molecule has 1 saturated heterocycles. The van der Waals surface area contributed by atoms with Crippen molar-refractivity contribution in [3.05, 3.63) is 41.0 Å². The largest absolute Gasteiger partial charge is 0.478 e. The summed E-state index contributed by atoms with van der Waals surface area (Å²) >= 11 is 0. The Morgan fingerprint density at radius 3 is 2.95 bits per heavy atom. The summed E-state index contributed by atoms with van der Waals surface area (Å²) in [6.07, 6.45) is 4.67. The Kier molecular flexibility index (Phi) is 5.11. The van der Waals surface area contributed by atoms with Gasteiger partial charge in [0.15, 0.2) is 0 Å². The zero-order valence-electron chi connectivity index (χ0n) is 12.0. The monoisotopic (exact) mass is 289 g/mol. The summed E-state index contributed by atoms with van der Waals surface area (Å²) in [7, 11) is 0. The molecule has 112 valence electrons. The number of benzene rings is 1. The van der Waals surface area contributed by atoms with Gasteiger partial charge in [0.25, 0.3) is 5.91 Å². The van der Waals surface area contributed by atoms with Gasteiger partial charge in [-0.15, -0.1) is 0 Å². The van der Waals surface area contributed by atoms with Gasteiger partial charge in [-0.05, 0) is 43.0 Å². The van der Waals surface area contributed by atoms with Gasteiger partial charge >= 0.3 is 5.97 Å². The Hall–Kier alpha value is -2.14. The first-order valence-corrected chi connectivity index (χ1v) is 6.98. The lowest BCUT2D eigenvalue weighted by Gasteiger charge is -2.13. The third-order valence-electron chi connectivity index (χ3n) is 3.54. The summed E-state index contributed by atoms with van der Waals surface area (Å²) < 4.78 is 5.47. The third kappa shape index (κ3) is 4.16. The van der Waals surface area contributed by atoms with E-state index in [1.807, 2.05) is 6.92 Å². The molecule has 1 fully saturated rings. The molecular weight excluding hydrogens is 270 g/mol. The van der Waals surface area contributed by atoms with Gasteiger partial charge in [0.2, 0.25) is 0 Å². The molecule has 0 bridgehead atoms. The lowest BCUT2D eigenvalue weighted by atomic mass is 10.0. The first-order chi connectivity index (χ1) is 10.1. The smallest absolute Gasteiger partial charge is 0.328 e. The van der Waals surface area contributed by atoms with Gasteiger partial charge in [-0.2, -0.15) is 0 Å². The molecule has 0 aromatic heterocycles. The number of aliphatic carboxylic acids is 1. The van der Waals surface area contributed by atoms with Gasteiger partial charge in [-0.3, -0.25) is 4.79 Å². The maximum atomic E-state index is 12.2. The van der Waals surface area contributed by atoms with Crippen molar-refractivity contribution in [2.24, 2.45) is 0 Å². The number of ether oxygens (including phenoxy) is 1. The average Bonchev–Trinajstić information content (AvgIpc) is 2.97. The summed E-state index contributed by atoms with van der Waals surface area (Å²) in [5, 5.41) is 11.5. The van der Waals surface area contributed by atoms with Gasteiger partial charge in [-0.1, -0.05) is 12.1 Å². The van der Waals surface area contributed by atoms with Crippen molar-refractivity contribution in [3.63, 3.8) is 0 Å². The highest BCUT2D eigenvalue weighted by Crippen LogP contribution is 2.16. The minimum absolute atomic E-state index is 0.101. The van der Waals surface area contributed by atoms with Gasteiger partial charge < -0.3 is 15.2 Å². The lowest BCUT2D eigenvalue weighted by molar-refractivity contribution is -0.131. The number of carboxylic acids is 1. The predicted molar refractivity (Wildman–Crippen MR) is 79.2 cm³/mol. The van der Waals surface area contributed by atoms with Crippen LogP contribution in [0, 0.1) is 6.92 Å². The highest BCUT2D eigenvalue weighted by Gasteiger charge is 2.17. The van der Waals surface area contributed by atoms with Crippen LogP contribution in [-0.2, 0) is 9.53 Å². The third-order valence-corrected chi connectivity index (χ3v) is 3.54. The normalized spacial score (nSPS) is 18.0. The topological polar surface area (TPSA) is 75.6 Å². The summed E-state index contributed by atoms with van der Waals surface area (Å²) in [5.74, 6) is -1.17. The van der Waals surface area contributed by atoms with E-state index in [0.29, 0.717) is 12.1 Å². The minimum Gasteiger partial charge on any atom is -0.478 e. The van der Waals surface area contributed by atoms with Crippen LogP contribution >= 0.6 is 0 Å². The molecule has 21 heavy (non-hydrogen) atoms. The van der Waals surface area contributed by atoms with E-state index in [9.17, 15) is 9.59 Å². The molecule has 1 aromatic rings. The molecule has 0 aliphatic carbocycles. The fourth-order valence-electron chi connectivity index (χ4n) is 2.35. The SMILES string of the molecule is Cc1c(C=CC(=O)O)cccc1C(=O)NCC1CCCO1. The van der Waals surface area contributed by atoms with Crippen LogP contribution in [0.15, 0.2) is 24.3 Å². The van der Waals surface area contributed by atoms with Gasteiger partial charge in [0.1, 0.15) is 0 Å². The first kappa shape index (κ1) is 15.3. The van der Waals surface area contributed by atoms with E-state index in [-0.39, 0.29) is 12.0 Å². The fourth-order valence-corrected chi connectivity index (χ4v) is 2.35. The zero-order chi connectivity index (χ0) is 15.2. The molecule has 0 spiro atoms. The second-order valence-electron chi connectivity index (χ2n) is 5.04. The predicted octanol–water partition coefficient (Wildman–Crippen LogP) is 2.00. The Balaban J connectivity index is 2.06. The number of rotatable bonds is 5. The highest BCUT2D eigenvalue weighted by molar-refractivity contribution is 5.97. The van der Waals surface area contributed by atoms with E-state index >= 15 is 0 Å². The van der Waals surface area contributed by atoms with Crippen LogP contribution in [0.2, 0.25) is 0 Å². The highest BCUT2D eigenvalue weighted by atomic mass is 16.5. The van der Waals surface area contributed by atoms with E-state index in [0.717, 1.165) is 36.7 Å². The van der Waals surface area contributed by atoms with Crippen LogP contribution in [0.3, 0.4) is 0 Å². The second-order valence-corrected chi connectivity index (χ2v) is 5.04. The minimum atomic E-state index is -1.01. The summed E-state index contributed by atoms with van der Waals surface area (Å²) in [4.78, 5) is 22.8. The molecule has 2 rings (SSSR count). The number of hydrogen-bond donors (Lipinski definition) is 2. The second kappa shape index (κ2) is 7.04. The van der Waals surface area contributed by atoms with E-state index in [1.54, 1.807) is 18.2 Å². The van der Waals surface area contributed by atoms with Crippen molar-refractivity contribution in [1.82, 2.24) is 5.32 Å². The van der Waals surface area contributed by atoms with E-state index < -0.39 is 5.97 Å². The molecule has 0 saturated carbocycles. The molecule has 1 heterocycles. The van der Waals surface area contributed by atoms with Crippen molar-refractivity contribution < 1.29 is 19.4 Å². The van der Waals surface area contributed by atoms with Crippen LogP contribution in [0.1, 0.15) is 34.3 Å². The molecule has 5 nitrogen and oxygen atoms in total. The van der Waals surface area contributed by atoms with Gasteiger partial charge in [-0.25, -0.2) is 4.79 Å². The average molecular weight is 289 g/mol. The van der Waals surface area contributed by atoms with E-state index in [4.69, 9.17) is 9.84 Å². The molecule has 1 amide bonds. The molecule has 5 heteroatoms. The number of carbonyl (C=O) groups excluding carboxylic acids is 1. The molecule has 1 unspecified atom stereocenters. The Labute approximate surface area is 123 Å². The molecule has 1 aromatic carbocycles. The van der Waals surface area contributed by atoms with Crippen molar-refractivity contribution >= 4 is 18.0 Å². The van der Waals surface area contributed by atoms with Crippen LogP contribution in [0.4, 0.5) is 0 Å². The van der Waals surface area contributed by atoms with E-state index in [2.05, 4.69) is 5.32 Å². The lowest BCUT2D eigenvalue weighted by Crippen LogP contribution is -2.32. The van der Waals surface area contributed by atoms with Crippen LogP contribution in [0.25, 0.3) is 6.08 Å². The number of hydrogen-bond acceptors (Lipinski definition) is 3. The van der Waals surface area contributed by atoms with Crippen molar-refractivity contribution in [2.45, 2.75) is 25.9 Å². The van der Waals surface area contributed by atoms with Crippen LogP contribution in [0.5, 0.6) is 0 Å². The molecule has 2 N–H and O–H groups in total. The maximum Gasteiger partial charge on any atom is 0.328 e. The van der Waals surface area contributed by atoms with Crippen molar-refractivity contribution in [2.75, 3.05) is 13.2 Å². The molecule has 1 aliphatic heterocycles. The standard InChI is InChI=1S/C16H19NO4/c1-11-12(7-8-15(18)19)4-2-6-14(11)16(20)17-10-13-5-3-9-21-13/h2,4,6-8,13H,3,5,9-10H2,1H3,(H,17,20)(H,18,19). The van der Waals surface area contributed by atoms with Crippen LogP contribution < -0.4 is 5.32 Å². The Morgan fingerprint density at radius 1 is 1.48 bits per heavy atom. The number of carboxylic acid groups (broad SMARTS) is 1. The van der Waals surface area contributed by atoms with Gasteiger partial charge in [0, 0.05) is 24.8 Å². The van der Waals surface area contributed by atoms with Crippen molar-refractivity contribution in [3.8, 4) is 0 Å². The van der Waals surface area contributed by atoms with E-state index in [1.165, 1.54) is 6.08 Å². The van der Waals surface area contributed by atoms with Crippen molar-refractivity contribution in [1.29, 1.82) is 0 Å². The Morgan fingerprint density at radius 2 is 2.29 bits per heavy atom.